The molecule has 2 fully saturated rings. The Balaban J connectivity index is 1.92. The summed E-state index contributed by atoms with van der Waals surface area (Å²) >= 11 is 0. The van der Waals surface area contributed by atoms with E-state index in [4.69, 9.17) is 9.98 Å². The third-order valence-electron chi connectivity index (χ3n) is 7.96. The monoisotopic (exact) mass is 470 g/mol. The maximum absolute atomic E-state index is 5.51. The zero-order valence-electron chi connectivity index (χ0n) is 23.8. The third kappa shape index (κ3) is 5.18. The molecule has 0 aromatic heterocycles. The second-order valence-corrected chi connectivity index (χ2v) is 13.5. The molecule has 0 radical (unpaired) electrons. The molecule has 0 N–H and O–H groups in total. The molecule has 0 heterocycles. The molecule has 2 aliphatic carbocycles. The molecule has 2 atom stereocenters. The molecule has 2 saturated carbocycles. The normalized spacial score (nSPS) is 22.9. The van der Waals surface area contributed by atoms with Crippen molar-refractivity contribution in [1.82, 2.24) is 0 Å². The van der Waals surface area contributed by atoms with E-state index in [0.717, 1.165) is 5.69 Å². The van der Waals surface area contributed by atoms with Crippen LogP contribution in [0, 0.1) is 11.8 Å². The lowest BCUT2D eigenvalue weighted by molar-refractivity contribution is 0.578. The maximum Gasteiger partial charge on any atom is 0.0703 e. The van der Waals surface area contributed by atoms with Gasteiger partial charge in [-0.05, 0) is 70.2 Å². The van der Waals surface area contributed by atoms with Crippen LogP contribution in [0.15, 0.2) is 46.4 Å². The highest BCUT2D eigenvalue weighted by atomic mass is 14.9. The number of nitrogens with zero attached hydrogens (tertiary/aromatic N) is 2. The Bertz CT molecular complexity index is 1120. The van der Waals surface area contributed by atoms with Crippen LogP contribution in [0.2, 0.25) is 0 Å². The molecule has 4 rings (SSSR count). The van der Waals surface area contributed by atoms with Crippen LogP contribution in [0.3, 0.4) is 0 Å². The van der Waals surface area contributed by atoms with Gasteiger partial charge in [0.2, 0.25) is 0 Å². The van der Waals surface area contributed by atoms with E-state index in [1.807, 2.05) is 0 Å². The van der Waals surface area contributed by atoms with E-state index in [1.165, 1.54) is 58.6 Å². The van der Waals surface area contributed by atoms with E-state index in [2.05, 4.69) is 106 Å². The first-order valence-electron chi connectivity index (χ1n) is 13.7. The first-order valence-corrected chi connectivity index (χ1v) is 13.7. The van der Waals surface area contributed by atoms with E-state index in [-0.39, 0.29) is 10.8 Å². The van der Waals surface area contributed by atoms with Crippen molar-refractivity contribution in [3.8, 4) is 0 Å². The van der Waals surface area contributed by atoms with Crippen molar-refractivity contribution < 1.29 is 0 Å². The van der Waals surface area contributed by atoms with Gasteiger partial charge in [-0.1, -0.05) is 99.6 Å². The number of para-hydroxylation sites is 1. The summed E-state index contributed by atoms with van der Waals surface area (Å²) in [5.74, 6) is 1.98. The lowest BCUT2D eigenvalue weighted by Crippen LogP contribution is -2.23. The summed E-state index contributed by atoms with van der Waals surface area (Å²) in [6.45, 7) is 22.9. The molecule has 0 aliphatic heterocycles. The molecule has 2 aromatic rings. The maximum atomic E-state index is 5.51. The van der Waals surface area contributed by atoms with Crippen molar-refractivity contribution in [2.24, 2.45) is 21.8 Å². The van der Waals surface area contributed by atoms with Gasteiger partial charge in [-0.15, -0.1) is 0 Å². The van der Waals surface area contributed by atoms with Crippen molar-refractivity contribution in [2.45, 2.75) is 111 Å². The largest absolute Gasteiger partial charge is 0.251 e. The summed E-state index contributed by atoms with van der Waals surface area (Å²) in [5, 5.41) is 0. The van der Waals surface area contributed by atoms with E-state index < -0.39 is 0 Å². The Morgan fingerprint density at radius 1 is 0.714 bits per heavy atom. The molecule has 2 heteroatoms. The molecular weight excluding hydrogens is 424 g/mol. The standard InChI is InChI=1S/C33H46N2/c1-20(2)25-12-11-13-26(21(3)4)31(25)35-30-23-15-14-22(18-23)29(30)34-28-19-24(32(5,6)7)16-17-27(28)33(8,9)10/h11-13,16-17,19-23H,14-15,18H2,1-10H3. The molecule has 2 bridgehead atoms. The quantitative estimate of drug-likeness (QED) is 0.425. The molecule has 2 aromatic carbocycles. The van der Waals surface area contributed by atoms with Gasteiger partial charge in [0.25, 0.3) is 0 Å². The SMILES string of the molecule is CC(C)c1cccc(C(C)C)c1N=C1C(=Nc2cc(C(C)(C)C)ccc2C(C)(C)C)C2CCC1C2. The Kier molecular flexibility index (Phi) is 6.90. The average molecular weight is 471 g/mol. The molecule has 2 aliphatic rings. The van der Waals surface area contributed by atoms with Crippen LogP contribution < -0.4 is 0 Å². The molecule has 0 saturated heterocycles. The van der Waals surface area contributed by atoms with Gasteiger partial charge in [-0.2, -0.15) is 0 Å². The molecule has 0 amide bonds. The summed E-state index contributed by atoms with van der Waals surface area (Å²) < 4.78 is 0. The minimum absolute atomic E-state index is 0.0415. The van der Waals surface area contributed by atoms with Gasteiger partial charge < -0.3 is 0 Å². The van der Waals surface area contributed by atoms with Crippen molar-refractivity contribution in [3.63, 3.8) is 0 Å². The van der Waals surface area contributed by atoms with Crippen molar-refractivity contribution in [1.29, 1.82) is 0 Å². The molecule has 2 nitrogen and oxygen atoms in total. The Morgan fingerprint density at radius 2 is 1.26 bits per heavy atom. The number of hydrogen-bond donors (Lipinski definition) is 0. The van der Waals surface area contributed by atoms with Crippen molar-refractivity contribution in [3.05, 3.63) is 58.7 Å². The topological polar surface area (TPSA) is 24.7 Å². The lowest BCUT2D eigenvalue weighted by atomic mass is 9.81. The van der Waals surface area contributed by atoms with Crippen LogP contribution in [0.1, 0.15) is 123 Å². The first kappa shape index (κ1) is 25.9. The fourth-order valence-corrected chi connectivity index (χ4v) is 5.81. The predicted octanol–water partition coefficient (Wildman–Crippen LogP) is 9.80. The first-order chi connectivity index (χ1) is 16.3. The number of benzene rings is 2. The second-order valence-electron chi connectivity index (χ2n) is 13.5. The molecule has 0 spiro atoms. The number of hydrogen-bond acceptors (Lipinski definition) is 2. The second kappa shape index (κ2) is 9.34. The Hall–Kier alpha value is -2.22. The average Bonchev–Trinajstić information content (AvgIpc) is 3.35. The van der Waals surface area contributed by atoms with Gasteiger partial charge in [0.1, 0.15) is 0 Å². The number of fused-ring (bicyclic) bond motifs is 2. The molecule has 188 valence electrons. The third-order valence-corrected chi connectivity index (χ3v) is 7.96. The van der Waals surface area contributed by atoms with Gasteiger partial charge in [0.15, 0.2) is 0 Å². The van der Waals surface area contributed by atoms with Gasteiger partial charge >= 0.3 is 0 Å². The van der Waals surface area contributed by atoms with E-state index in [9.17, 15) is 0 Å². The lowest BCUT2D eigenvalue weighted by Gasteiger charge is -2.26. The zero-order chi connectivity index (χ0) is 25.7. The van der Waals surface area contributed by atoms with Gasteiger partial charge in [-0.3, -0.25) is 9.98 Å². The highest BCUT2D eigenvalue weighted by Gasteiger charge is 2.43. The van der Waals surface area contributed by atoms with Crippen molar-refractivity contribution in [2.75, 3.05) is 0 Å². The van der Waals surface area contributed by atoms with Crippen LogP contribution in [0.5, 0.6) is 0 Å². The van der Waals surface area contributed by atoms with E-state index >= 15 is 0 Å². The highest BCUT2D eigenvalue weighted by Crippen LogP contribution is 2.45. The number of rotatable bonds is 4. The zero-order valence-corrected chi connectivity index (χ0v) is 23.8. The van der Waals surface area contributed by atoms with Crippen LogP contribution in [-0.2, 0) is 10.8 Å². The number of aliphatic imine (C=N–C) groups is 2. The van der Waals surface area contributed by atoms with Crippen LogP contribution in [0.4, 0.5) is 11.4 Å². The fourth-order valence-electron chi connectivity index (χ4n) is 5.81. The fraction of sp³-hybridized carbons (Fsp3) is 0.576. The minimum atomic E-state index is 0.0415. The molecule has 35 heavy (non-hydrogen) atoms. The summed E-state index contributed by atoms with van der Waals surface area (Å²) in [4.78, 5) is 11.0. The van der Waals surface area contributed by atoms with E-state index in [0.29, 0.717) is 23.7 Å². The van der Waals surface area contributed by atoms with Gasteiger partial charge in [-0.25, -0.2) is 0 Å². The van der Waals surface area contributed by atoms with E-state index in [1.54, 1.807) is 0 Å². The summed E-state index contributed by atoms with van der Waals surface area (Å²) in [6, 6.07) is 13.7. The van der Waals surface area contributed by atoms with Crippen LogP contribution in [0.25, 0.3) is 0 Å². The summed E-state index contributed by atoms with van der Waals surface area (Å²) in [7, 11) is 0. The summed E-state index contributed by atoms with van der Waals surface area (Å²) in [5.41, 5.74) is 10.4. The van der Waals surface area contributed by atoms with Crippen LogP contribution in [-0.4, -0.2) is 11.4 Å². The van der Waals surface area contributed by atoms with Gasteiger partial charge in [0.05, 0.1) is 22.8 Å². The Morgan fingerprint density at radius 3 is 1.74 bits per heavy atom. The summed E-state index contributed by atoms with van der Waals surface area (Å²) in [6.07, 6.45) is 3.70. The molecule has 2 unspecified atom stereocenters. The van der Waals surface area contributed by atoms with Crippen molar-refractivity contribution >= 4 is 22.8 Å². The Labute approximate surface area is 214 Å². The molecular formula is C33H46N2. The van der Waals surface area contributed by atoms with Gasteiger partial charge in [0, 0.05) is 11.8 Å². The predicted molar refractivity (Wildman–Crippen MR) is 153 cm³/mol. The van der Waals surface area contributed by atoms with Crippen LogP contribution >= 0.6 is 0 Å². The smallest absolute Gasteiger partial charge is 0.0703 e. The highest BCUT2D eigenvalue weighted by molar-refractivity contribution is 6.47. The minimum Gasteiger partial charge on any atom is -0.251 e.